The Hall–Kier alpha value is -3.54. The van der Waals surface area contributed by atoms with Gasteiger partial charge in [0.25, 0.3) is 17.5 Å². The molecular formula is C18H10N2O4. The maximum Gasteiger partial charge on any atom is 0.270 e. The van der Waals surface area contributed by atoms with E-state index in [2.05, 4.69) is 0 Å². The number of non-ortho nitro benzene ring substituents is 1. The summed E-state index contributed by atoms with van der Waals surface area (Å²) >= 11 is 0. The van der Waals surface area contributed by atoms with Crippen molar-refractivity contribution in [1.82, 2.24) is 0 Å². The fraction of sp³-hybridized carbons (Fsp3) is 0. The van der Waals surface area contributed by atoms with E-state index in [0.29, 0.717) is 22.0 Å². The molecule has 0 aromatic heterocycles. The molecule has 0 saturated carbocycles. The number of carbonyl (C=O) groups excluding carboxylic acids is 2. The highest BCUT2D eigenvalue weighted by Gasteiger charge is 2.36. The number of rotatable bonds is 2. The van der Waals surface area contributed by atoms with Crippen LogP contribution >= 0.6 is 0 Å². The first-order valence-electron chi connectivity index (χ1n) is 7.22. The standard InChI is InChI=1S/C18H10N2O4/c21-17-15-9-11-6-7-14(20(23)24)8-12(11)10-16(15)18(22)19(17)13-4-2-1-3-5-13/h1-10H. The van der Waals surface area contributed by atoms with Gasteiger partial charge in [-0.2, -0.15) is 0 Å². The van der Waals surface area contributed by atoms with Crippen molar-refractivity contribution in [3.8, 4) is 0 Å². The van der Waals surface area contributed by atoms with Gasteiger partial charge in [-0.25, -0.2) is 4.90 Å². The number of amides is 2. The second-order valence-electron chi connectivity index (χ2n) is 5.47. The normalized spacial score (nSPS) is 13.4. The smallest absolute Gasteiger partial charge is 0.268 e. The molecule has 1 aliphatic heterocycles. The van der Waals surface area contributed by atoms with E-state index in [1.165, 1.54) is 12.1 Å². The molecule has 4 rings (SSSR count). The summed E-state index contributed by atoms with van der Waals surface area (Å²) < 4.78 is 0. The molecule has 6 nitrogen and oxygen atoms in total. The van der Waals surface area contributed by atoms with Crippen molar-refractivity contribution in [3.63, 3.8) is 0 Å². The van der Waals surface area contributed by atoms with Crippen LogP contribution in [-0.2, 0) is 0 Å². The minimum absolute atomic E-state index is 0.0564. The number of nitrogens with zero attached hydrogens (tertiary/aromatic N) is 2. The van der Waals surface area contributed by atoms with Crippen LogP contribution in [0.25, 0.3) is 10.8 Å². The van der Waals surface area contributed by atoms with Crippen molar-refractivity contribution in [3.05, 3.63) is 81.9 Å². The third kappa shape index (κ3) is 1.97. The van der Waals surface area contributed by atoms with Gasteiger partial charge in [0.1, 0.15) is 0 Å². The Morgan fingerprint density at radius 1 is 0.792 bits per heavy atom. The summed E-state index contributed by atoms with van der Waals surface area (Å²) in [5.41, 5.74) is 1.01. The zero-order valence-corrected chi connectivity index (χ0v) is 12.3. The first kappa shape index (κ1) is 14.1. The van der Waals surface area contributed by atoms with Gasteiger partial charge in [-0.15, -0.1) is 0 Å². The summed E-state index contributed by atoms with van der Waals surface area (Å²) in [6.07, 6.45) is 0. The molecule has 0 fully saturated rings. The first-order valence-corrected chi connectivity index (χ1v) is 7.22. The Bertz CT molecular complexity index is 1030. The van der Waals surface area contributed by atoms with Gasteiger partial charge in [0.15, 0.2) is 0 Å². The average molecular weight is 318 g/mol. The van der Waals surface area contributed by atoms with Crippen LogP contribution in [0.15, 0.2) is 60.7 Å². The number of nitro benzene ring substituents is 1. The van der Waals surface area contributed by atoms with Gasteiger partial charge < -0.3 is 0 Å². The lowest BCUT2D eigenvalue weighted by Gasteiger charge is -2.13. The fourth-order valence-corrected chi connectivity index (χ4v) is 2.90. The van der Waals surface area contributed by atoms with Crippen LogP contribution in [0.5, 0.6) is 0 Å². The van der Waals surface area contributed by atoms with Gasteiger partial charge in [0.2, 0.25) is 0 Å². The van der Waals surface area contributed by atoms with Crippen LogP contribution in [0.3, 0.4) is 0 Å². The highest BCUT2D eigenvalue weighted by atomic mass is 16.6. The van der Waals surface area contributed by atoms with E-state index in [1.807, 2.05) is 0 Å². The fourth-order valence-electron chi connectivity index (χ4n) is 2.90. The number of hydrogen-bond donors (Lipinski definition) is 0. The van der Waals surface area contributed by atoms with Crippen LogP contribution in [0.1, 0.15) is 20.7 Å². The summed E-state index contributed by atoms with van der Waals surface area (Å²) in [4.78, 5) is 36.8. The molecule has 1 aliphatic rings. The van der Waals surface area contributed by atoms with Gasteiger partial charge in [-0.3, -0.25) is 19.7 Å². The van der Waals surface area contributed by atoms with Gasteiger partial charge in [0, 0.05) is 12.1 Å². The lowest BCUT2D eigenvalue weighted by molar-refractivity contribution is -0.384. The minimum Gasteiger partial charge on any atom is -0.268 e. The van der Waals surface area contributed by atoms with Crippen molar-refractivity contribution in [2.24, 2.45) is 0 Å². The van der Waals surface area contributed by atoms with Crippen molar-refractivity contribution in [2.45, 2.75) is 0 Å². The highest BCUT2D eigenvalue weighted by Crippen LogP contribution is 2.32. The Morgan fingerprint density at radius 3 is 2.04 bits per heavy atom. The van der Waals surface area contributed by atoms with Crippen LogP contribution in [0, 0.1) is 10.1 Å². The van der Waals surface area contributed by atoms with E-state index in [1.54, 1.807) is 48.5 Å². The van der Waals surface area contributed by atoms with Crippen LogP contribution < -0.4 is 4.90 Å². The Morgan fingerprint density at radius 2 is 1.42 bits per heavy atom. The number of carbonyl (C=O) groups is 2. The first-order chi connectivity index (χ1) is 11.6. The predicted molar refractivity (Wildman–Crippen MR) is 88.2 cm³/mol. The van der Waals surface area contributed by atoms with Gasteiger partial charge in [-0.05, 0) is 41.1 Å². The number of nitro groups is 1. The van der Waals surface area contributed by atoms with Crippen LogP contribution in [-0.4, -0.2) is 16.7 Å². The molecule has 6 heteroatoms. The maximum atomic E-state index is 12.6. The number of imide groups is 1. The van der Waals surface area contributed by atoms with E-state index in [-0.39, 0.29) is 17.2 Å². The van der Waals surface area contributed by atoms with E-state index >= 15 is 0 Å². The molecule has 0 N–H and O–H groups in total. The molecule has 0 saturated heterocycles. The predicted octanol–water partition coefficient (Wildman–Crippen LogP) is 3.55. The van der Waals surface area contributed by atoms with Gasteiger partial charge >= 0.3 is 0 Å². The number of anilines is 1. The molecule has 2 amide bonds. The third-order valence-electron chi connectivity index (χ3n) is 4.05. The molecule has 3 aromatic rings. The van der Waals surface area contributed by atoms with Gasteiger partial charge in [-0.1, -0.05) is 18.2 Å². The molecule has 0 aliphatic carbocycles. The Labute approximate surface area is 136 Å². The second kappa shape index (κ2) is 4.99. The maximum absolute atomic E-state index is 12.6. The third-order valence-corrected chi connectivity index (χ3v) is 4.05. The Kier molecular flexibility index (Phi) is 2.93. The largest absolute Gasteiger partial charge is 0.270 e. The van der Waals surface area contributed by atoms with E-state index in [9.17, 15) is 19.7 Å². The lowest BCUT2D eigenvalue weighted by atomic mass is 10.0. The highest BCUT2D eigenvalue weighted by molar-refractivity contribution is 6.35. The second-order valence-corrected chi connectivity index (χ2v) is 5.47. The van der Waals surface area contributed by atoms with Crippen molar-refractivity contribution < 1.29 is 14.5 Å². The summed E-state index contributed by atoms with van der Waals surface area (Å²) in [6, 6.07) is 16.2. The van der Waals surface area contributed by atoms with Crippen molar-refractivity contribution >= 4 is 34.0 Å². The molecular weight excluding hydrogens is 308 g/mol. The molecule has 0 atom stereocenters. The van der Waals surface area contributed by atoms with E-state index in [4.69, 9.17) is 0 Å². The minimum atomic E-state index is -0.490. The zero-order valence-electron chi connectivity index (χ0n) is 12.3. The van der Waals surface area contributed by atoms with E-state index in [0.717, 1.165) is 4.90 Å². The molecule has 0 spiro atoms. The average Bonchev–Trinajstić information content (AvgIpc) is 2.84. The topological polar surface area (TPSA) is 80.5 Å². The van der Waals surface area contributed by atoms with Crippen LogP contribution in [0.2, 0.25) is 0 Å². The summed E-state index contributed by atoms with van der Waals surface area (Å²) in [7, 11) is 0. The Balaban J connectivity index is 1.89. The molecule has 0 unspecified atom stereocenters. The quantitative estimate of drug-likeness (QED) is 0.411. The molecule has 1 heterocycles. The SMILES string of the molecule is O=C1c2cc3ccc([N+](=O)[O-])cc3cc2C(=O)N1c1ccccc1. The summed E-state index contributed by atoms with van der Waals surface area (Å²) in [5, 5.41) is 12.1. The van der Waals surface area contributed by atoms with Gasteiger partial charge in [0.05, 0.1) is 21.7 Å². The lowest BCUT2D eigenvalue weighted by Crippen LogP contribution is -2.29. The van der Waals surface area contributed by atoms with Crippen LogP contribution in [0.4, 0.5) is 11.4 Å². The number of fused-ring (bicyclic) bond motifs is 2. The van der Waals surface area contributed by atoms with E-state index < -0.39 is 10.8 Å². The number of para-hydroxylation sites is 1. The molecule has 3 aromatic carbocycles. The number of hydrogen-bond acceptors (Lipinski definition) is 4. The van der Waals surface area contributed by atoms with Crippen molar-refractivity contribution in [1.29, 1.82) is 0 Å². The van der Waals surface area contributed by atoms with Crippen molar-refractivity contribution in [2.75, 3.05) is 4.90 Å². The zero-order chi connectivity index (χ0) is 16.8. The molecule has 116 valence electrons. The summed E-state index contributed by atoms with van der Waals surface area (Å²) in [6.45, 7) is 0. The molecule has 0 bridgehead atoms. The molecule has 24 heavy (non-hydrogen) atoms. The monoisotopic (exact) mass is 318 g/mol. The number of benzene rings is 3. The molecule has 0 radical (unpaired) electrons. The summed E-state index contributed by atoms with van der Waals surface area (Å²) in [5.74, 6) is -0.809.